The molecule has 170 valence electrons. The Morgan fingerprint density at radius 2 is 1.78 bits per heavy atom. The van der Waals surface area contributed by atoms with Gasteiger partial charge in [-0.3, -0.25) is 9.59 Å². The summed E-state index contributed by atoms with van der Waals surface area (Å²) in [4.78, 5) is 41.3. The van der Waals surface area contributed by atoms with Gasteiger partial charge in [-0.2, -0.15) is 0 Å². The summed E-state index contributed by atoms with van der Waals surface area (Å²) >= 11 is 13.2. The van der Waals surface area contributed by atoms with Crippen LogP contribution in [0, 0.1) is 0 Å². The van der Waals surface area contributed by atoms with Crippen molar-refractivity contribution in [2.45, 2.75) is 24.3 Å². The molecule has 2 aromatic rings. The zero-order valence-electron chi connectivity index (χ0n) is 17.7. The molecular weight excluding hydrogens is 471 g/mol. The van der Waals surface area contributed by atoms with E-state index in [0.29, 0.717) is 27.0 Å². The van der Waals surface area contributed by atoms with Crippen LogP contribution >= 0.6 is 35.0 Å². The van der Waals surface area contributed by atoms with Gasteiger partial charge in [0.2, 0.25) is 5.91 Å². The molecule has 0 N–H and O–H groups in total. The summed E-state index contributed by atoms with van der Waals surface area (Å²) in [6, 6.07) is 12.1. The SMILES string of the molecule is CN(Cc1ccc(Cl)c(Cl)c1)C(=O)COC(=O)c1ccccc1SCC(=O)N1CCCC1. The van der Waals surface area contributed by atoms with Crippen LogP contribution in [0.25, 0.3) is 0 Å². The predicted octanol–water partition coefficient (Wildman–Crippen LogP) is 4.52. The monoisotopic (exact) mass is 494 g/mol. The van der Waals surface area contributed by atoms with Crippen LogP contribution in [-0.2, 0) is 20.9 Å². The Balaban J connectivity index is 1.53. The first-order valence-corrected chi connectivity index (χ1v) is 11.9. The van der Waals surface area contributed by atoms with Crippen molar-refractivity contribution in [2.24, 2.45) is 0 Å². The molecule has 0 spiro atoms. The molecule has 1 aliphatic rings. The van der Waals surface area contributed by atoms with Crippen molar-refractivity contribution in [1.82, 2.24) is 9.80 Å². The maximum atomic E-state index is 12.6. The van der Waals surface area contributed by atoms with E-state index in [1.807, 2.05) is 4.90 Å². The van der Waals surface area contributed by atoms with E-state index in [2.05, 4.69) is 0 Å². The van der Waals surface area contributed by atoms with Crippen molar-refractivity contribution < 1.29 is 19.1 Å². The number of nitrogens with zero attached hydrogens (tertiary/aromatic N) is 2. The number of esters is 1. The van der Waals surface area contributed by atoms with Gasteiger partial charge in [-0.15, -0.1) is 11.8 Å². The molecule has 0 saturated carbocycles. The first-order chi connectivity index (χ1) is 15.3. The van der Waals surface area contributed by atoms with Crippen molar-refractivity contribution in [2.75, 3.05) is 32.5 Å². The van der Waals surface area contributed by atoms with Crippen molar-refractivity contribution >= 4 is 52.7 Å². The van der Waals surface area contributed by atoms with E-state index in [0.717, 1.165) is 31.5 Å². The average Bonchev–Trinajstić information content (AvgIpc) is 3.33. The normalized spacial score (nSPS) is 13.2. The molecule has 0 aliphatic carbocycles. The standard InChI is InChI=1S/C23H24Cl2N2O4S/c1-26(13-16-8-9-18(24)19(25)12-16)21(28)14-31-23(30)17-6-2-3-7-20(17)32-15-22(29)27-10-4-5-11-27/h2-3,6-9,12H,4-5,10-11,13-15H2,1H3. The molecule has 3 rings (SSSR count). The molecule has 2 amide bonds. The van der Waals surface area contributed by atoms with E-state index in [1.165, 1.54) is 16.7 Å². The molecular formula is C23H24Cl2N2O4S. The van der Waals surface area contributed by atoms with Crippen LogP contribution in [0.15, 0.2) is 47.4 Å². The second-order valence-electron chi connectivity index (χ2n) is 7.45. The van der Waals surface area contributed by atoms with Gasteiger partial charge in [0.05, 0.1) is 21.4 Å². The summed E-state index contributed by atoms with van der Waals surface area (Å²) in [6.07, 6.45) is 2.07. The van der Waals surface area contributed by atoms with Crippen molar-refractivity contribution in [1.29, 1.82) is 0 Å². The minimum Gasteiger partial charge on any atom is -0.452 e. The maximum Gasteiger partial charge on any atom is 0.339 e. The second-order valence-corrected chi connectivity index (χ2v) is 9.28. The van der Waals surface area contributed by atoms with Gasteiger partial charge in [0.25, 0.3) is 5.91 Å². The molecule has 0 aromatic heterocycles. The van der Waals surface area contributed by atoms with E-state index < -0.39 is 5.97 Å². The van der Waals surface area contributed by atoms with Crippen LogP contribution < -0.4 is 0 Å². The van der Waals surface area contributed by atoms with E-state index in [1.54, 1.807) is 49.5 Å². The van der Waals surface area contributed by atoms with Crippen LogP contribution in [0.5, 0.6) is 0 Å². The summed E-state index contributed by atoms with van der Waals surface area (Å²) in [5, 5.41) is 0.853. The summed E-state index contributed by atoms with van der Waals surface area (Å²) in [5.74, 6) is -0.623. The van der Waals surface area contributed by atoms with Gasteiger partial charge >= 0.3 is 5.97 Å². The fourth-order valence-electron chi connectivity index (χ4n) is 3.27. The van der Waals surface area contributed by atoms with Gasteiger partial charge < -0.3 is 14.5 Å². The predicted molar refractivity (Wildman–Crippen MR) is 126 cm³/mol. The smallest absolute Gasteiger partial charge is 0.339 e. The van der Waals surface area contributed by atoms with Gasteiger partial charge in [0, 0.05) is 31.6 Å². The molecule has 9 heteroatoms. The lowest BCUT2D eigenvalue weighted by atomic mass is 10.2. The maximum absolute atomic E-state index is 12.6. The van der Waals surface area contributed by atoms with Gasteiger partial charge in [-0.05, 0) is 42.7 Å². The van der Waals surface area contributed by atoms with Crippen molar-refractivity contribution in [3.05, 3.63) is 63.6 Å². The number of amides is 2. The van der Waals surface area contributed by atoms with Crippen LogP contribution in [0.3, 0.4) is 0 Å². The van der Waals surface area contributed by atoms with Crippen molar-refractivity contribution in [3.8, 4) is 0 Å². The lowest BCUT2D eigenvalue weighted by Gasteiger charge is -2.18. The highest BCUT2D eigenvalue weighted by Crippen LogP contribution is 2.25. The van der Waals surface area contributed by atoms with E-state index >= 15 is 0 Å². The molecule has 1 saturated heterocycles. The summed E-state index contributed by atoms with van der Waals surface area (Å²) in [7, 11) is 1.62. The fourth-order valence-corrected chi connectivity index (χ4v) is 4.54. The molecule has 2 aromatic carbocycles. The lowest BCUT2D eigenvalue weighted by Crippen LogP contribution is -2.31. The number of hydrogen-bond donors (Lipinski definition) is 0. The topological polar surface area (TPSA) is 66.9 Å². The second kappa shape index (κ2) is 11.6. The fraction of sp³-hybridized carbons (Fsp3) is 0.348. The Bertz CT molecular complexity index is 996. The first kappa shape index (κ1) is 24.4. The van der Waals surface area contributed by atoms with Gasteiger partial charge in [0.1, 0.15) is 0 Å². The molecule has 6 nitrogen and oxygen atoms in total. The molecule has 0 atom stereocenters. The number of rotatable bonds is 8. The molecule has 32 heavy (non-hydrogen) atoms. The summed E-state index contributed by atoms with van der Waals surface area (Å²) in [5.41, 5.74) is 1.15. The van der Waals surface area contributed by atoms with E-state index in [9.17, 15) is 14.4 Å². The number of thioether (sulfide) groups is 1. The number of ether oxygens (including phenoxy) is 1. The molecule has 1 aliphatic heterocycles. The summed E-state index contributed by atoms with van der Waals surface area (Å²) < 4.78 is 5.25. The number of halogens is 2. The lowest BCUT2D eigenvalue weighted by molar-refractivity contribution is -0.133. The zero-order valence-corrected chi connectivity index (χ0v) is 20.0. The van der Waals surface area contributed by atoms with Crippen LogP contribution in [0.2, 0.25) is 10.0 Å². The molecule has 0 radical (unpaired) electrons. The molecule has 1 fully saturated rings. The third-order valence-corrected chi connectivity index (χ3v) is 6.87. The number of benzene rings is 2. The number of carbonyl (C=O) groups excluding carboxylic acids is 3. The van der Waals surface area contributed by atoms with Crippen molar-refractivity contribution in [3.63, 3.8) is 0 Å². The average molecular weight is 495 g/mol. The number of hydrogen-bond acceptors (Lipinski definition) is 5. The third kappa shape index (κ3) is 6.64. The van der Waals surface area contributed by atoms with Crippen LogP contribution in [0.4, 0.5) is 0 Å². The van der Waals surface area contributed by atoms with Gasteiger partial charge in [-0.1, -0.05) is 41.4 Å². The van der Waals surface area contributed by atoms with Crippen LogP contribution in [0.1, 0.15) is 28.8 Å². The minimum atomic E-state index is -0.599. The number of likely N-dealkylation sites (N-methyl/N-ethyl adjacent to an activating group) is 1. The molecule has 0 unspecified atom stereocenters. The highest BCUT2D eigenvalue weighted by Gasteiger charge is 2.20. The van der Waals surface area contributed by atoms with Gasteiger partial charge in [0.15, 0.2) is 6.61 Å². The Morgan fingerprint density at radius 1 is 1.06 bits per heavy atom. The summed E-state index contributed by atoms with van der Waals surface area (Å²) in [6.45, 7) is 1.50. The van der Waals surface area contributed by atoms with Crippen LogP contribution in [-0.4, -0.2) is 60.1 Å². The number of carbonyl (C=O) groups is 3. The molecule has 1 heterocycles. The third-order valence-electron chi connectivity index (χ3n) is 5.07. The zero-order chi connectivity index (χ0) is 23.1. The van der Waals surface area contributed by atoms with E-state index in [-0.39, 0.29) is 24.2 Å². The number of likely N-dealkylation sites (tertiary alicyclic amines) is 1. The Labute approximate surface area is 201 Å². The highest BCUT2D eigenvalue weighted by atomic mass is 35.5. The Morgan fingerprint density at radius 3 is 2.50 bits per heavy atom. The minimum absolute atomic E-state index is 0.0646. The van der Waals surface area contributed by atoms with Gasteiger partial charge in [-0.25, -0.2) is 4.79 Å². The quantitative estimate of drug-likeness (QED) is 0.398. The Hall–Kier alpha value is -2.22. The highest BCUT2D eigenvalue weighted by molar-refractivity contribution is 8.00. The first-order valence-electron chi connectivity index (χ1n) is 10.2. The molecule has 0 bridgehead atoms. The van der Waals surface area contributed by atoms with E-state index in [4.69, 9.17) is 27.9 Å². The largest absolute Gasteiger partial charge is 0.452 e. The Kier molecular flexibility index (Phi) is 8.84.